The van der Waals surface area contributed by atoms with Crippen molar-refractivity contribution >= 4 is 46.6 Å². The van der Waals surface area contributed by atoms with Crippen molar-refractivity contribution in [2.45, 2.75) is 0 Å². The summed E-state index contributed by atoms with van der Waals surface area (Å²) in [5.74, 6) is 0.783. The number of aromatic nitrogens is 2. The molecule has 1 aromatic heterocycles. The average Bonchev–Trinajstić information content (AvgIpc) is 2.51. The van der Waals surface area contributed by atoms with Gasteiger partial charge in [-0.15, -0.1) is 0 Å². The van der Waals surface area contributed by atoms with E-state index in [1.54, 1.807) is 25.4 Å². The number of piperazine rings is 1. The highest BCUT2D eigenvalue weighted by molar-refractivity contribution is 6.45. The lowest BCUT2D eigenvalue weighted by Crippen LogP contribution is -2.54. The van der Waals surface area contributed by atoms with Gasteiger partial charge in [0, 0.05) is 22.3 Å². The Labute approximate surface area is 154 Å². The molecule has 1 fully saturated rings. The van der Waals surface area contributed by atoms with Gasteiger partial charge in [0.15, 0.2) is 0 Å². The van der Waals surface area contributed by atoms with Crippen molar-refractivity contribution in [3.8, 4) is 11.1 Å². The summed E-state index contributed by atoms with van der Waals surface area (Å²) in [6, 6.07) is 3.23. The molecule has 1 aliphatic rings. The summed E-state index contributed by atoms with van der Waals surface area (Å²) in [5, 5.41) is 13.1. The van der Waals surface area contributed by atoms with E-state index < -0.39 is 0 Å². The number of hydrogen-bond donors (Lipinski definition) is 1. The first-order valence-electron chi connectivity index (χ1n) is 7.35. The molecule has 6 nitrogen and oxygen atoms in total. The van der Waals surface area contributed by atoms with Crippen molar-refractivity contribution in [2.24, 2.45) is 0 Å². The van der Waals surface area contributed by atoms with Crippen LogP contribution in [0.2, 0.25) is 15.1 Å². The molecule has 0 atom stereocenters. The number of likely N-dealkylation sites (N-methyl/N-ethyl adjacent to an activating group) is 1. The molecule has 0 spiro atoms. The molecule has 2 N–H and O–H groups in total. The maximum Gasteiger partial charge on any atom is 0.227 e. The molecule has 0 aliphatic carbocycles. The second-order valence-corrected chi connectivity index (χ2v) is 7.17. The minimum atomic E-state index is -0.249. The average molecular weight is 389 g/mol. The van der Waals surface area contributed by atoms with Crippen molar-refractivity contribution in [1.82, 2.24) is 9.97 Å². The van der Waals surface area contributed by atoms with Crippen LogP contribution in [0.3, 0.4) is 0 Å². The quantitative estimate of drug-likeness (QED) is 0.484. The van der Waals surface area contributed by atoms with Gasteiger partial charge in [-0.05, 0) is 12.1 Å². The summed E-state index contributed by atoms with van der Waals surface area (Å²) in [7, 11) is 1.67. The SMILES string of the molecule is C[N+]1([O-])CCN(c2ncc(-c3cc(Cl)cc(Cl)c3Cl)c(N)n2)CC1. The van der Waals surface area contributed by atoms with Crippen LogP contribution in [-0.4, -0.2) is 47.8 Å². The van der Waals surface area contributed by atoms with Crippen LogP contribution < -0.4 is 10.6 Å². The largest absolute Gasteiger partial charge is 0.633 e. The first-order chi connectivity index (χ1) is 11.3. The molecule has 2 heterocycles. The highest BCUT2D eigenvalue weighted by Gasteiger charge is 2.24. The number of nitrogens with two attached hydrogens (primary N) is 1. The topological polar surface area (TPSA) is 78.1 Å². The van der Waals surface area contributed by atoms with Crippen molar-refractivity contribution < 1.29 is 4.65 Å². The third-order valence-electron chi connectivity index (χ3n) is 4.06. The molecule has 0 bridgehead atoms. The summed E-state index contributed by atoms with van der Waals surface area (Å²) >= 11 is 18.3. The summed E-state index contributed by atoms with van der Waals surface area (Å²) in [6.45, 7) is 2.15. The molecule has 0 amide bonds. The van der Waals surface area contributed by atoms with E-state index >= 15 is 0 Å². The van der Waals surface area contributed by atoms with Crippen molar-refractivity contribution in [1.29, 1.82) is 0 Å². The number of halogens is 3. The van der Waals surface area contributed by atoms with Gasteiger partial charge in [0.2, 0.25) is 5.95 Å². The minimum Gasteiger partial charge on any atom is -0.633 e. The van der Waals surface area contributed by atoms with Gasteiger partial charge in [-0.1, -0.05) is 34.8 Å². The second kappa shape index (κ2) is 6.54. The van der Waals surface area contributed by atoms with E-state index in [1.807, 2.05) is 4.90 Å². The van der Waals surface area contributed by atoms with Gasteiger partial charge < -0.3 is 20.5 Å². The van der Waals surface area contributed by atoms with Crippen molar-refractivity contribution in [3.05, 3.63) is 38.6 Å². The van der Waals surface area contributed by atoms with Crippen LogP contribution in [0.4, 0.5) is 11.8 Å². The first kappa shape index (κ1) is 17.5. The molecule has 3 rings (SSSR count). The highest BCUT2D eigenvalue weighted by atomic mass is 35.5. The molecule has 0 saturated carbocycles. The molecule has 1 aromatic carbocycles. The molecule has 1 aliphatic heterocycles. The zero-order valence-electron chi connectivity index (χ0n) is 13.0. The van der Waals surface area contributed by atoms with Gasteiger partial charge in [0.05, 0.1) is 43.3 Å². The fourth-order valence-corrected chi connectivity index (χ4v) is 3.29. The Hall–Kier alpha value is -1.31. The Morgan fingerprint density at radius 1 is 1.17 bits per heavy atom. The molecule has 0 unspecified atom stereocenters. The third kappa shape index (κ3) is 3.53. The number of rotatable bonds is 2. The lowest BCUT2D eigenvalue weighted by molar-refractivity contribution is -0.861. The van der Waals surface area contributed by atoms with Crippen LogP contribution in [0, 0.1) is 5.21 Å². The monoisotopic (exact) mass is 387 g/mol. The van der Waals surface area contributed by atoms with E-state index in [2.05, 4.69) is 9.97 Å². The van der Waals surface area contributed by atoms with Gasteiger partial charge in [-0.25, -0.2) is 4.98 Å². The molecule has 1 saturated heterocycles. The van der Waals surface area contributed by atoms with Crippen LogP contribution in [0.15, 0.2) is 18.3 Å². The maximum atomic E-state index is 11.9. The fourth-order valence-electron chi connectivity index (χ4n) is 2.59. The number of benzene rings is 1. The Kier molecular flexibility index (Phi) is 4.77. The zero-order valence-corrected chi connectivity index (χ0v) is 15.2. The summed E-state index contributed by atoms with van der Waals surface area (Å²) in [6.07, 6.45) is 1.60. The maximum absolute atomic E-state index is 11.9. The number of nitrogens with zero attached hydrogens (tertiary/aromatic N) is 4. The van der Waals surface area contributed by atoms with Crippen LogP contribution >= 0.6 is 34.8 Å². The van der Waals surface area contributed by atoms with E-state index in [4.69, 9.17) is 40.5 Å². The molecular weight excluding hydrogens is 373 g/mol. The predicted molar refractivity (Wildman–Crippen MR) is 98.4 cm³/mol. The van der Waals surface area contributed by atoms with Gasteiger partial charge in [0.1, 0.15) is 5.82 Å². The van der Waals surface area contributed by atoms with Crippen LogP contribution in [0.1, 0.15) is 0 Å². The van der Waals surface area contributed by atoms with E-state index in [1.165, 1.54) is 0 Å². The predicted octanol–water partition coefficient (Wildman–Crippen LogP) is 3.45. The lowest BCUT2D eigenvalue weighted by Gasteiger charge is -2.45. The number of hydroxylamine groups is 3. The normalized spacial score (nSPS) is 17.1. The minimum absolute atomic E-state index is 0.249. The highest BCUT2D eigenvalue weighted by Crippen LogP contribution is 2.38. The first-order valence-corrected chi connectivity index (χ1v) is 8.48. The number of quaternary nitrogens is 1. The van der Waals surface area contributed by atoms with E-state index in [0.29, 0.717) is 58.3 Å². The summed E-state index contributed by atoms with van der Waals surface area (Å²) < 4.78 is -0.249. The molecule has 24 heavy (non-hydrogen) atoms. The Morgan fingerprint density at radius 2 is 1.83 bits per heavy atom. The second-order valence-electron chi connectivity index (χ2n) is 5.95. The lowest BCUT2D eigenvalue weighted by atomic mass is 10.1. The zero-order chi connectivity index (χ0) is 17.5. The molecule has 128 valence electrons. The fraction of sp³-hybridized carbons (Fsp3) is 0.333. The van der Waals surface area contributed by atoms with E-state index in [-0.39, 0.29) is 10.5 Å². The Bertz CT molecular complexity index is 774. The number of hydrogen-bond acceptors (Lipinski definition) is 5. The van der Waals surface area contributed by atoms with Crippen molar-refractivity contribution in [2.75, 3.05) is 43.9 Å². The molecule has 9 heteroatoms. The van der Waals surface area contributed by atoms with Crippen LogP contribution in [0.25, 0.3) is 11.1 Å². The van der Waals surface area contributed by atoms with Gasteiger partial charge >= 0.3 is 0 Å². The van der Waals surface area contributed by atoms with Crippen LogP contribution in [-0.2, 0) is 0 Å². The Balaban J connectivity index is 1.91. The standard InChI is InChI=1S/C15H16Cl3N5O/c1-23(24)4-2-22(3-5-23)15-20-8-11(14(19)21-15)10-6-9(16)7-12(17)13(10)18/h6-8H,2-5H2,1H3,(H2,19,20,21). The number of anilines is 2. The van der Waals surface area contributed by atoms with Crippen LogP contribution in [0.5, 0.6) is 0 Å². The van der Waals surface area contributed by atoms with E-state index in [0.717, 1.165) is 0 Å². The summed E-state index contributed by atoms with van der Waals surface area (Å²) in [4.78, 5) is 10.7. The number of nitrogen functional groups attached to an aromatic ring is 1. The molecule has 0 radical (unpaired) electrons. The van der Waals surface area contributed by atoms with Gasteiger partial charge in [-0.2, -0.15) is 4.98 Å². The Morgan fingerprint density at radius 3 is 2.46 bits per heavy atom. The van der Waals surface area contributed by atoms with E-state index in [9.17, 15) is 5.21 Å². The van der Waals surface area contributed by atoms with Crippen molar-refractivity contribution in [3.63, 3.8) is 0 Å². The molecular formula is C15H16Cl3N5O. The summed E-state index contributed by atoms with van der Waals surface area (Å²) in [5.41, 5.74) is 7.24. The third-order valence-corrected chi connectivity index (χ3v) is 5.08. The van der Waals surface area contributed by atoms with Gasteiger partial charge in [0.25, 0.3) is 0 Å². The smallest absolute Gasteiger partial charge is 0.227 e. The molecule has 2 aromatic rings. The van der Waals surface area contributed by atoms with Gasteiger partial charge in [-0.3, -0.25) is 0 Å².